The second-order valence-corrected chi connectivity index (χ2v) is 5.64. The molecule has 0 saturated carbocycles. The van der Waals surface area contributed by atoms with Gasteiger partial charge < -0.3 is 0 Å². The highest BCUT2D eigenvalue weighted by atomic mass is 79.9. The first-order valence-corrected chi connectivity index (χ1v) is 7.37. The largest absolute Gasteiger partial charge is 0.271 e. The highest BCUT2D eigenvalue weighted by Gasteiger charge is 2.21. The number of aromatic nitrogens is 2. The van der Waals surface area contributed by atoms with E-state index in [1.807, 2.05) is 4.68 Å². The summed E-state index contributed by atoms with van der Waals surface area (Å²) in [5.74, 6) is 5.18. The molecule has 0 spiro atoms. The predicted molar refractivity (Wildman–Crippen MR) is 80.8 cm³/mol. The summed E-state index contributed by atoms with van der Waals surface area (Å²) in [5.41, 5.74) is 4.25. The van der Waals surface area contributed by atoms with E-state index in [9.17, 15) is 4.39 Å². The Kier molecular flexibility index (Phi) is 5.15. The molecular weight excluding hydrogens is 347 g/mol. The molecule has 0 aliphatic carbocycles. The third-order valence-electron chi connectivity index (χ3n) is 2.99. The lowest BCUT2D eigenvalue weighted by Crippen LogP contribution is -2.31. The zero-order chi connectivity index (χ0) is 14.7. The lowest BCUT2D eigenvalue weighted by molar-refractivity contribution is 0.517. The molecule has 2 rings (SSSR count). The molecule has 4 nitrogen and oxygen atoms in total. The van der Waals surface area contributed by atoms with Gasteiger partial charge in [0.05, 0.1) is 27.4 Å². The summed E-state index contributed by atoms with van der Waals surface area (Å²) >= 11 is 9.17. The minimum atomic E-state index is -0.470. The molecule has 0 aliphatic rings. The van der Waals surface area contributed by atoms with Crippen LogP contribution in [0.5, 0.6) is 0 Å². The van der Waals surface area contributed by atoms with Gasteiger partial charge in [0.2, 0.25) is 0 Å². The Bertz CT molecular complexity index is 602. The molecule has 7 heteroatoms. The second kappa shape index (κ2) is 6.67. The number of benzene rings is 1. The molecular formula is C13H15BrClFN4. The van der Waals surface area contributed by atoms with Crippen molar-refractivity contribution < 1.29 is 4.39 Å². The Morgan fingerprint density at radius 3 is 2.90 bits per heavy atom. The van der Waals surface area contributed by atoms with Crippen molar-refractivity contribution in [3.05, 3.63) is 51.0 Å². The van der Waals surface area contributed by atoms with Gasteiger partial charge in [-0.25, -0.2) is 9.82 Å². The fourth-order valence-electron chi connectivity index (χ4n) is 2.07. The van der Waals surface area contributed by atoms with E-state index in [-0.39, 0.29) is 11.1 Å². The van der Waals surface area contributed by atoms with Gasteiger partial charge in [-0.15, -0.1) is 0 Å². The van der Waals surface area contributed by atoms with E-state index in [4.69, 9.17) is 17.4 Å². The number of hydrogen-bond donors (Lipinski definition) is 2. The van der Waals surface area contributed by atoms with E-state index in [1.165, 1.54) is 12.1 Å². The number of rotatable bonds is 5. The standard InChI is InChI=1S/C13H15BrClFN4/c1-2-5-20-13(9(14)7-18-20)12(19-17)8-3-4-10(15)11(16)6-8/h3-4,6-7,12,19H,2,5,17H2,1H3. The summed E-state index contributed by atoms with van der Waals surface area (Å²) in [6.45, 7) is 2.82. The summed E-state index contributed by atoms with van der Waals surface area (Å²) in [6, 6.07) is 4.27. The van der Waals surface area contributed by atoms with Crippen LogP contribution in [0.3, 0.4) is 0 Å². The zero-order valence-electron chi connectivity index (χ0n) is 10.9. The van der Waals surface area contributed by atoms with Crippen molar-refractivity contribution in [1.82, 2.24) is 15.2 Å². The van der Waals surface area contributed by atoms with E-state index < -0.39 is 5.82 Å². The van der Waals surface area contributed by atoms with E-state index in [0.29, 0.717) is 5.56 Å². The van der Waals surface area contributed by atoms with Crippen molar-refractivity contribution >= 4 is 27.5 Å². The Morgan fingerprint density at radius 2 is 2.30 bits per heavy atom. The fourth-order valence-corrected chi connectivity index (χ4v) is 2.72. The Morgan fingerprint density at radius 1 is 1.55 bits per heavy atom. The normalized spacial score (nSPS) is 12.7. The molecule has 1 aromatic carbocycles. The van der Waals surface area contributed by atoms with Crippen molar-refractivity contribution in [2.45, 2.75) is 25.9 Å². The molecule has 0 amide bonds. The van der Waals surface area contributed by atoms with Crippen LogP contribution in [0.2, 0.25) is 5.02 Å². The lowest BCUT2D eigenvalue weighted by atomic mass is 10.0. The molecule has 0 radical (unpaired) electrons. The number of hydrogen-bond acceptors (Lipinski definition) is 3. The highest BCUT2D eigenvalue weighted by Crippen LogP contribution is 2.30. The maximum Gasteiger partial charge on any atom is 0.142 e. The van der Waals surface area contributed by atoms with Crippen LogP contribution in [0, 0.1) is 5.82 Å². The minimum absolute atomic E-state index is 0.0886. The average Bonchev–Trinajstić information content (AvgIpc) is 2.77. The number of nitrogens with one attached hydrogen (secondary N) is 1. The average molecular weight is 362 g/mol. The van der Waals surface area contributed by atoms with Gasteiger partial charge in [-0.3, -0.25) is 10.5 Å². The monoisotopic (exact) mass is 360 g/mol. The molecule has 1 aromatic heterocycles. The Balaban J connectivity index is 2.46. The van der Waals surface area contributed by atoms with Gasteiger partial charge in [0, 0.05) is 6.54 Å². The molecule has 2 aromatic rings. The number of nitrogens with two attached hydrogens (primary N) is 1. The second-order valence-electron chi connectivity index (χ2n) is 4.37. The van der Waals surface area contributed by atoms with Crippen LogP contribution < -0.4 is 11.3 Å². The van der Waals surface area contributed by atoms with Crippen LogP contribution in [0.25, 0.3) is 0 Å². The number of hydrazine groups is 1. The predicted octanol–water partition coefficient (Wildman–Crippen LogP) is 3.40. The maximum absolute atomic E-state index is 13.6. The van der Waals surface area contributed by atoms with Crippen molar-refractivity contribution in [1.29, 1.82) is 0 Å². The third kappa shape index (κ3) is 3.03. The SMILES string of the molecule is CCCn1ncc(Br)c1C(NN)c1ccc(Cl)c(F)c1. The first kappa shape index (κ1) is 15.4. The summed E-state index contributed by atoms with van der Waals surface area (Å²) in [6.07, 6.45) is 2.65. The van der Waals surface area contributed by atoms with Crippen molar-refractivity contribution in [3.63, 3.8) is 0 Å². The lowest BCUT2D eigenvalue weighted by Gasteiger charge is -2.19. The molecule has 108 valence electrons. The van der Waals surface area contributed by atoms with Crippen molar-refractivity contribution in [2.75, 3.05) is 0 Å². The van der Waals surface area contributed by atoms with Crippen LogP contribution >= 0.6 is 27.5 Å². The summed E-state index contributed by atoms with van der Waals surface area (Å²) in [7, 11) is 0. The highest BCUT2D eigenvalue weighted by molar-refractivity contribution is 9.10. The fraction of sp³-hybridized carbons (Fsp3) is 0.308. The summed E-state index contributed by atoms with van der Waals surface area (Å²) in [4.78, 5) is 0. The quantitative estimate of drug-likeness (QED) is 0.634. The minimum Gasteiger partial charge on any atom is -0.271 e. The van der Waals surface area contributed by atoms with Gasteiger partial charge in [0.25, 0.3) is 0 Å². The van der Waals surface area contributed by atoms with E-state index in [0.717, 1.165) is 23.1 Å². The maximum atomic E-state index is 13.6. The molecule has 0 aliphatic heterocycles. The molecule has 1 heterocycles. The molecule has 20 heavy (non-hydrogen) atoms. The smallest absolute Gasteiger partial charge is 0.142 e. The van der Waals surface area contributed by atoms with Crippen LogP contribution in [0.4, 0.5) is 4.39 Å². The van der Waals surface area contributed by atoms with Gasteiger partial charge in [-0.05, 0) is 40.0 Å². The zero-order valence-corrected chi connectivity index (χ0v) is 13.2. The molecule has 0 bridgehead atoms. The number of aryl methyl sites for hydroxylation is 1. The number of nitrogens with zero attached hydrogens (tertiary/aromatic N) is 2. The Labute approximate surface area is 130 Å². The van der Waals surface area contributed by atoms with Crippen LogP contribution in [0.1, 0.15) is 30.6 Å². The van der Waals surface area contributed by atoms with Crippen LogP contribution in [-0.4, -0.2) is 9.78 Å². The first-order valence-electron chi connectivity index (χ1n) is 6.20. The third-order valence-corrected chi connectivity index (χ3v) is 3.90. The molecule has 1 unspecified atom stereocenters. The van der Waals surface area contributed by atoms with Gasteiger partial charge >= 0.3 is 0 Å². The van der Waals surface area contributed by atoms with Crippen molar-refractivity contribution in [2.24, 2.45) is 5.84 Å². The van der Waals surface area contributed by atoms with Gasteiger partial charge in [-0.2, -0.15) is 5.10 Å². The van der Waals surface area contributed by atoms with E-state index in [2.05, 4.69) is 33.4 Å². The summed E-state index contributed by atoms with van der Waals surface area (Å²) in [5, 5.41) is 4.38. The molecule has 3 N–H and O–H groups in total. The van der Waals surface area contributed by atoms with Gasteiger partial charge in [0.15, 0.2) is 0 Å². The number of halogens is 3. The van der Waals surface area contributed by atoms with Gasteiger partial charge in [0.1, 0.15) is 5.82 Å². The van der Waals surface area contributed by atoms with E-state index >= 15 is 0 Å². The molecule has 0 fully saturated rings. The topological polar surface area (TPSA) is 55.9 Å². The molecule has 0 saturated heterocycles. The van der Waals surface area contributed by atoms with Gasteiger partial charge in [-0.1, -0.05) is 24.6 Å². The van der Waals surface area contributed by atoms with Crippen LogP contribution in [-0.2, 0) is 6.54 Å². The molecule has 1 atom stereocenters. The van der Waals surface area contributed by atoms with E-state index in [1.54, 1.807) is 12.3 Å². The van der Waals surface area contributed by atoms with Crippen molar-refractivity contribution in [3.8, 4) is 0 Å². The first-order chi connectivity index (χ1) is 9.58. The Hall–Kier alpha value is -0.950. The van der Waals surface area contributed by atoms with Crippen LogP contribution in [0.15, 0.2) is 28.9 Å². The summed E-state index contributed by atoms with van der Waals surface area (Å²) < 4.78 is 16.3.